The third-order valence-electron chi connectivity index (χ3n) is 6.21. The Morgan fingerprint density at radius 2 is 1.82 bits per heavy atom. The molecule has 0 spiro atoms. The number of methoxy groups -OCH3 is 1. The molecule has 0 aliphatic carbocycles. The summed E-state index contributed by atoms with van der Waals surface area (Å²) < 4.78 is 11.1. The zero-order valence-corrected chi connectivity index (χ0v) is 19.2. The zero-order valence-electron chi connectivity index (χ0n) is 19.2. The average molecular weight is 458 g/mol. The van der Waals surface area contributed by atoms with Crippen LogP contribution >= 0.6 is 0 Å². The fourth-order valence-corrected chi connectivity index (χ4v) is 4.35. The number of benzene rings is 2. The first-order valence-electron chi connectivity index (χ1n) is 11.4. The summed E-state index contributed by atoms with van der Waals surface area (Å²) in [5.74, 6) is 3.05. The highest BCUT2D eigenvalue weighted by atomic mass is 16.5. The predicted molar refractivity (Wildman–Crippen MR) is 132 cm³/mol. The van der Waals surface area contributed by atoms with Gasteiger partial charge in [0.1, 0.15) is 35.0 Å². The predicted octanol–water partition coefficient (Wildman–Crippen LogP) is 4.92. The Bertz CT molecular complexity index is 1290. The van der Waals surface area contributed by atoms with Gasteiger partial charge in [-0.15, -0.1) is 0 Å². The van der Waals surface area contributed by atoms with E-state index in [1.54, 1.807) is 13.4 Å². The van der Waals surface area contributed by atoms with E-state index in [1.807, 2.05) is 54.7 Å². The van der Waals surface area contributed by atoms with E-state index in [-0.39, 0.29) is 11.8 Å². The molecule has 34 heavy (non-hydrogen) atoms. The minimum atomic E-state index is -0.0490. The maximum atomic E-state index is 13.0. The van der Waals surface area contributed by atoms with Crippen molar-refractivity contribution in [2.75, 3.05) is 30.4 Å². The molecule has 0 saturated carbocycles. The van der Waals surface area contributed by atoms with E-state index >= 15 is 0 Å². The van der Waals surface area contributed by atoms with Gasteiger partial charge in [-0.1, -0.05) is 6.07 Å². The standard InChI is InChI=1S/C26H27N5O3/c1-17-15-27-24-23(17)25(29-16-28-24)31-12-10-18(11-13-31)26(32)30-19-4-3-5-22(14-19)34-21-8-6-20(33-2)7-9-21/h3-9,14-16,18H,10-13H2,1-2H3,(H,30,32)(H,27,28,29). The van der Waals surface area contributed by atoms with Crippen molar-refractivity contribution in [2.45, 2.75) is 19.8 Å². The number of amides is 1. The Kier molecular flexibility index (Phi) is 6.03. The third-order valence-corrected chi connectivity index (χ3v) is 6.21. The maximum Gasteiger partial charge on any atom is 0.227 e. The van der Waals surface area contributed by atoms with Crippen LogP contribution in [0.1, 0.15) is 18.4 Å². The number of hydrogen-bond donors (Lipinski definition) is 2. The van der Waals surface area contributed by atoms with Crippen molar-refractivity contribution >= 4 is 28.4 Å². The van der Waals surface area contributed by atoms with Crippen LogP contribution in [-0.2, 0) is 4.79 Å². The zero-order chi connectivity index (χ0) is 23.5. The number of hydrogen-bond acceptors (Lipinski definition) is 6. The summed E-state index contributed by atoms with van der Waals surface area (Å²) in [5, 5.41) is 4.11. The summed E-state index contributed by atoms with van der Waals surface area (Å²) >= 11 is 0. The number of anilines is 2. The number of nitrogens with one attached hydrogen (secondary N) is 2. The number of carbonyl (C=O) groups excluding carboxylic acids is 1. The second-order valence-corrected chi connectivity index (χ2v) is 8.45. The normalized spacial score (nSPS) is 14.2. The van der Waals surface area contributed by atoms with Crippen LogP contribution in [-0.4, -0.2) is 41.1 Å². The van der Waals surface area contributed by atoms with Crippen molar-refractivity contribution in [3.63, 3.8) is 0 Å². The molecule has 174 valence electrons. The number of piperidine rings is 1. The summed E-state index contributed by atoms with van der Waals surface area (Å²) in [5.41, 5.74) is 2.69. The molecule has 5 rings (SSSR count). The lowest BCUT2D eigenvalue weighted by Gasteiger charge is -2.32. The molecule has 2 N–H and O–H groups in total. The molecule has 4 aromatic rings. The van der Waals surface area contributed by atoms with Gasteiger partial charge < -0.3 is 24.7 Å². The van der Waals surface area contributed by atoms with Gasteiger partial charge in [-0.3, -0.25) is 4.79 Å². The topological polar surface area (TPSA) is 92.4 Å². The molecule has 0 atom stereocenters. The van der Waals surface area contributed by atoms with E-state index in [2.05, 4.69) is 32.1 Å². The number of ether oxygens (including phenoxy) is 2. The van der Waals surface area contributed by atoms with Crippen LogP contribution in [0, 0.1) is 12.8 Å². The summed E-state index contributed by atoms with van der Waals surface area (Å²) in [6.07, 6.45) is 5.08. The monoisotopic (exact) mass is 457 g/mol. The molecule has 1 fully saturated rings. The first kappa shape index (κ1) is 21.8. The number of fused-ring (bicyclic) bond motifs is 1. The molecular weight excluding hydrogens is 430 g/mol. The Morgan fingerprint density at radius 3 is 2.59 bits per heavy atom. The number of rotatable bonds is 6. The molecule has 1 saturated heterocycles. The van der Waals surface area contributed by atoms with E-state index in [0.29, 0.717) is 11.5 Å². The maximum absolute atomic E-state index is 13.0. The van der Waals surface area contributed by atoms with Crippen LogP contribution in [0.5, 0.6) is 17.2 Å². The largest absolute Gasteiger partial charge is 0.497 e. The molecule has 1 aliphatic rings. The molecular formula is C26H27N5O3. The van der Waals surface area contributed by atoms with Gasteiger partial charge in [0, 0.05) is 37.0 Å². The molecule has 0 bridgehead atoms. The molecule has 2 aromatic carbocycles. The molecule has 3 heterocycles. The van der Waals surface area contributed by atoms with Crippen molar-refractivity contribution in [3.05, 3.63) is 66.6 Å². The fraction of sp³-hybridized carbons (Fsp3) is 0.269. The van der Waals surface area contributed by atoms with Crippen LogP contribution in [0.3, 0.4) is 0 Å². The molecule has 2 aromatic heterocycles. The Labute approximate surface area is 197 Å². The Morgan fingerprint density at radius 1 is 1.06 bits per heavy atom. The highest BCUT2D eigenvalue weighted by Gasteiger charge is 2.27. The van der Waals surface area contributed by atoms with E-state index in [0.717, 1.165) is 59.8 Å². The SMILES string of the molecule is COc1ccc(Oc2cccc(NC(=O)C3CCN(c4ncnc5[nH]cc(C)c45)CC3)c2)cc1. The summed E-state index contributed by atoms with van der Waals surface area (Å²) in [4.78, 5) is 27.2. The van der Waals surface area contributed by atoms with Gasteiger partial charge in [-0.05, 0) is 61.7 Å². The van der Waals surface area contributed by atoms with E-state index in [1.165, 1.54) is 0 Å². The van der Waals surface area contributed by atoms with Gasteiger partial charge in [0.2, 0.25) is 5.91 Å². The number of aryl methyl sites for hydroxylation is 1. The minimum Gasteiger partial charge on any atom is -0.497 e. The van der Waals surface area contributed by atoms with Crippen LogP contribution in [0.25, 0.3) is 11.0 Å². The van der Waals surface area contributed by atoms with Gasteiger partial charge in [-0.25, -0.2) is 9.97 Å². The van der Waals surface area contributed by atoms with Crippen LogP contribution < -0.4 is 19.7 Å². The molecule has 8 nitrogen and oxygen atoms in total. The highest BCUT2D eigenvalue weighted by Crippen LogP contribution is 2.30. The first-order valence-corrected chi connectivity index (χ1v) is 11.4. The van der Waals surface area contributed by atoms with Crippen LogP contribution in [0.2, 0.25) is 0 Å². The van der Waals surface area contributed by atoms with E-state index in [4.69, 9.17) is 9.47 Å². The molecule has 8 heteroatoms. The van der Waals surface area contributed by atoms with Crippen molar-refractivity contribution in [2.24, 2.45) is 5.92 Å². The average Bonchev–Trinajstić information content (AvgIpc) is 3.26. The van der Waals surface area contributed by atoms with Gasteiger partial charge in [0.05, 0.1) is 12.5 Å². The van der Waals surface area contributed by atoms with Crippen molar-refractivity contribution in [3.8, 4) is 17.2 Å². The second-order valence-electron chi connectivity index (χ2n) is 8.45. The van der Waals surface area contributed by atoms with Crippen LogP contribution in [0.15, 0.2) is 61.1 Å². The molecule has 1 amide bonds. The van der Waals surface area contributed by atoms with Gasteiger partial charge in [0.15, 0.2) is 0 Å². The third kappa shape index (κ3) is 4.52. The van der Waals surface area contributed by atoms with Gasteiger partial charge >= 0.3 is 0 Å². The number of H-pyrrole nitrogens is 1. The summed E-state index contributed by atoms with van der Waals surface area (Å²) in [7, 11) is 1.63. The number of aromatic nitrogens is 3. The van der Waals surface area contributed by atoms with Gasteiger partial charge in [-0.2, -0.15) is 0 Å². The second kappa shape index (κ2) is 9.43. The molecule has 0 unspecified atom stereocenters. The first-order chi connectivity index (χ1) is 16.6. The van der Waals surface area contributed by atoms with Crippen molar-refractivity contribution in [1.82, 2.24) is 15.0 Å². The van der Waals surface area contributed by atoms with E-state index in [9.17, 15) is 4.79 Å². The van der Waals surface area contributed by atoms with E-state index < -0.39 is 0 Å². The lowest BCUT2D eigenvalue weighted by Crippen LogP contribution is -2.38. The van der Waals surface area contributed by atoms with Gasteiger partial charge in [0.25, 0.3) is 0 Å². The quantitative estimate of drug-likeness (QED) is 0.427. The van der Waals surface area contributed by atoms with Crippen molar-refractivity contribution in [1.29, 1.82) is 0 Å². The number of aromatic amines is 1. The smallest absolute Gasteiger partial charge is 0.227 e. The fourth-order valence-electron chi connectivity index (χ4n) is 4.35. The Hall–Kier alpha value is -4.07. The summed E-state index contributed by atoms with van der Waals surface area (Å²) in [6, 6.07) is 14.8. The summed E-state index contributed by atoms with van der Waals surface area (Å²) in [6.45, 7) is 3.60. The minimum absolute atomic E-state index is 0.0342. The van der Waals surface area contributed by atoms with Crippen molar-refractivity contribution < 1.29 is 14.3 Å². The molecule has 0 radical (unpaired) electrons. The number of nitrogens with zero attached hydrogens (tertiary/aromatic N) is 3. The molecule has 1 aliphatic heterocycles. The Balaban J connectivity index is 1.20. The lowest BCUT2D eigenvalue weighted by atomic mass is 9.95. The highest BCUT2D eigenvalue weighted by molar-refractivity contribution is 5.93. The number of carbonyl (C=O) groups is 1. The van der Waals surface area contributed by atoms with Crippen LogP contribution in [0.4, 0.5) is 11.5 Å². The lowest BCUT2D eigenvalue weighted by molar-refractivity contribution is -0.120.